The lowest BCUT2D eigenvalue weighted by Crippen LogP contribution is -2.38. The van der Waals surface area contributed by atoms with Gasteiger partial charge < -0.3 is 15.7 Å². The Kier molecular flexibility index (Phi) is 5.89. The van der Waals surface area contributed by atoms with Crippen LogP contribution in [0.2, 0.25) is 5.02 Å². The number of aliphatic hydroxyl groups excluding tert-OH is 1. The van der Waals surface area contributed by atoms with Crippen LogP contribution >= 0.6 is 11.6 Å². The SMILES string of the molecule is OCCNC1CCC(Nc2nc(-c3c(F)cccc3F)nc3c(Cl)cnn23)CC1. The highest BCUT2D eigenvalue weighted by atomic mass is 35.5. The maximum atomic E-state index is 14.3. The quantitative estimate of drug-likeness (QED) is 0.566. The summed E-state index contributed by atoms with van der Waals surface area (Å²) in [5.41, 5.74) is -0.0210. The molecule has 0 saturated heterocycles. The van der Waals surface area contributed by atoms with Crippen LogP contribution in [0, 0.1) is 11.6 Å². The zero-order valence-corrected chi connectivity index (χ0v) is 16.3. The molecule has 10 heteroatoms. The van der Waals surface area contributed by atoms with Gasteiger partial charge in [-0.05, 0) is 37.8 Å². The molecule has 7 nitrogen and oxygen atoms in total. The highest BCUT2D eigenvalue weighted by Crippen LogP contribution is 2.28. The monoisotopic (exact) mass is 422 g/mol. The fourth-order valence-corrected chi connectivity index (χ4v) is 3.83. The molecule has 1 fully saturated rings. The van der Waals surface area contributed by atoms with E-state index in [2.05, 4.69) is 25.7 Å². The number of halogens is 3. The van der Waals surface area contributed by atoms with E-state index in [1.54, 1.807) is 0 Å². The summed E-state index contributed by atoms with van der Waals surface area (Å²) in [5.74, 6) is -1.24. The van der Waals surface area contributed by atoms with Crippen LogP contribution in [0.25, 0.3) is 17.0 Å². The molecule has 29 heavy (non-hydrogen) atoms. The molecule has 0 amide bonds. The number of aliphatic hydroxyl groups is 1. The van der Waals surface area contributed by atoms with Crippen LogP contribution in [-0.2, 0) is 0 Å². The molecule has 1 aromatic carbocycles. The normalized spacial score (nSPS) is 19.6. The van der Waals surface area contributed by atoms with Crippen molar-refractivity contribution in [1.82, 2.24) is 24.9 Å². The van der Waals surface area contributed by atoms with Crippen LogP contribution in [0.15, 0.2) is 24.4 Å². The predicted octanol–water partition coefficient (Wildman–Crippen LogP) is 3.03. The Morgan fingerprint density at radius 3 is 2.48 bits per heavy atom. The van der Waals surface area contributed by atoms with Crippen LogP contribution in [0.3, 0.4) is 0 Å². The molecule has 1 aliphatic carbocycles. The van der Waals surface area contributed by atoms with Crippen molar-refractivity contribution in [3.05, 3.63) is 41.1 Å². The second kappa shape index (κ2) is 8.56. The molecule has 0 atom stereocenters. The Hall–Kier alpha value is -2.36. The summed E-state index contributed by atoms with van der Waals surface area (Å²) in [7, 11) is 0. The van der Waals surface area contributed by atoms with Crippen molar-refractivity contribution in [2.45, 2.75) is 37.8 Å². The molecule has 0 bridgehead atoms. The smallest absolute Gasteiger partial charge is 0.228 e. The van der Waals surface area contributed by atoms with Crippen molar-refractivity contribution in [3.63, 3.8) is 0 Å². The number of aromatic nitrogens is 4. The van der Waals surface area contributed by atoms with Crippen LogP contribution < -0.4 is 10.6 Å². The molecule has 2 heterocycles. The predicted molar refractivity (Wildman–Crippen MR) is 106 cm³/mol. The van der Waals surface area contributed by atoms with Gasteiger partial charge in [-0.3, -0.25) is 0 Å². The third kappa shape index (κ3) is 4.17. The summed E-state index contributed by atoms with van der Waals surface area (Å²) in [6, 6.07) is 4.12. The van der Waals surface area contributed by atoms with E-state index in [1.165, 1.54) is 16.8 Å². The summed E-state index contributed by atoms with van der Waals surface area (Å²) in [4.78, 5) is 8.59. The van der Waals surface area contributed by atoms with E-state index in [-0.39, 0.29) is 34.7 Å². The van der Waals surface area contributed by atoms with Gasteiger partial charge in [-0.2, -0.15) is 14.6 Å². The lowest BCUT2D eigenvalue weighted by Gasteiger charge is -2.30. The van der Waals surface area contributed by atoms with Crippen molar-refractivity contribution >= 4 is 23.2 Å². The van der Waals surface area contributed by atoms with Crippen molar-refractivity contribution in [1.29, 1.82) is 0 Å². The number of benzene rings is 1. The van der Waals surface area contributed by atoms with E-state index in [1.807, 2.05) is 0 Å². The first-order valence-corrected chi connectivity index (χ1v) is 9.91. The molecule has 4 rings (SSSR count). The lowest BCUT2D eigenvalue weighted by atomic mass is 9.91. The Morgan fingerprint density at radius 1 is 1.10 bits per heavy atom. The van der Waals surface area contributed by atoms with Crippen LogP contribution in [0.4, 0.5) is 14.7 Å². The highest BCUT2D eigenvalue weighted by molar-refractivity contribution is 6.33. The van der Waals surface area contributed by atoms with Crippen LogP contribution in [0.1, 0.15) is 25.7 Å². The number of anilines is 1. The Bertz CT molecular complexity index is 986. The minimum Gasteiger partial charge on any atom is -0.395 e. The van der Waals surface area contributed by atoms with E-state index in [0.717, 1.165) is 37.8 Å². The van der Waals surface area contributed by atoms with Crippen molar-refractivity contribution in [2.24, 2.45) is 0 Å². The molecule has 3 N–H and O–H groups in total. The number of nitrogens with one attached hydrogen (secondary N) is 2. The summed E-state index contributed by atoms with van der Waals surface area (Å²) >= 11 is 6.18. The van der Waals surface area contributed by atoms with Crippen molar-refractivity contribution in [3.8, 4) is 11.4 Å². The third-order valence-electron chi connectivity index (χ3n) is 5.12. The number of nitrogens with zero attached hydrogens (tertiary/aromatic N) is 4. The molecule has 1 saturated carbocycles. The standard InChI is InChI=1S/C19H21ClF2N6O/c20-13-10-24-28-18(13)26-17(16-14(21)2-1-3-15(16)22)27-19(28)25-12-6-4-11(5-7-12)23-8-9-29/h1-3,10-12,23,29H,4-9H2,(H,25,26,27). The zero-order valence-electron chi connectivity index (χ0n) is 15.6. The molecule has 0 radical (unpaired) electrons. The van der Waals surface area contributed by atoms with Crippen LogP contribution in [-0.4, -0.2) is 49.9 Å². The first kappa shape index (κ1) is 19.9. The zero-order chi connectivity index (χ0) is 20.4. The van der Waals surface area contributed by atoms with Gasteiger partial charge in [-0.25, -0.2) is 13.8 Å². The van der Waals surface area contributed by atoms with E-state index < -0.39 is 11.6 Å². The average molecular weight is 423 g/mol. The number of hydrogen-bond donors (Lipinski definition) is 3. The van der Waals surface area contributed by atoms with Crippen molar-refractivity contribution in [2.75, 3.05) is 18.5 Å². The van der Waals surface area contributed by atoms with Gasteiger partial charge in [0.2, 0.25) is 5.95 Å². The minimum absolute atomic E-state index is 0.0868. The molecule has 3 aromatic rings. The second-order valence-corrected chi connectivity index (χ2v) is 7.47. The maximum absolute atomic E-state index is 14.3. The molecule has 0 aliphatic heterocycles. The van der Waals surface area contributed by atoms with Gasteiger partial charge in [-0.1, -0.05) is 17.7 Å². The van der Waals surface area contributed by atoms with Crippen molar-refractivity contribution < 1.29 is 13.9 Å². The number of hydrogen-bond acceptors (Lipinski definition) is 6. The molecule has 0 spiro atoms. The minimum atomic E-state index is -0.744. The number of fused-ring (bicyclic) bond motifs is 1. The van der Waals surface area contributed by atoms with Gasteiger partial charge in [0.25, 0.3) is 0 Å². The fourth-order valence-electron chi connectivity index (χ4n) is 3.66. The second-order valence-electron chi connectivity index (χ2n) is 7.07. The highest BCUT2D eigenvalue weighted by Gasteiger charge is 2.24. The maximum Gasteiger partial charge on any atom is 0.228 e. The van der Waals surface area contributed by atoms with Crippen LogP contribution in [0.5, 0.6) is 0 Å². The molecular formula is C19H21ClF2N6O. The Balaban J connectivity index is 1.63. The van der Waals surface area contributed by atoms with E-state index in [0.29, 0.717) is 18.5 Å². The summed E-state index contributed by atoms with van der Waals surface area (Å²) in [5, 5.41) is 20.0. The molecule has 1 aliphatic rings. The fraction of sp³-hybridized carbons (Fsp3) is 0.421. The molecule has 154 valence electrons. The van der Waals surface area contributed by atoms with Gasteiger partial charge in [0, 0.05) is 18.6 Å². The van der Waals surface area contributed by atoms with Gasteiger partial charge in [0.1, 0.15) is 16.7 Å². The number of rotatable bonds is 6. The Morgan fingerprint density at radius 2 is 1.79 bits per heavy atom. The van der Waals surface area contributed by atoms with Gasteiger partial charge in [-0.15, -0.1) is 0 Å². The molecular weight excluding hydrogens is 402 g/mol. The third-order valence-corrected chi connectivity index (χ3v) is 5.38. The molecule has 0 unspecified atom stereocenters. The van der Waals surface area contributed by atoms with Gasteiger partial charge in [0.15, 0.2) is 11.5 Å². The van der Waals surface area contributed by atoms with E-state index in [9.17, 15) is 8.78 Å². The van der Waals surface area contributed by atoms with Gasteiger partial charge in [0.05, 0.1) is 18.4 Å². The first-order chi connectivity index (χ1) is 14.1. The summed E-state index contributed by atoms with van der Waals surface area (Å²) < 4.78 is 30.0. The van der Waals surface area contributed by atoms with Gasteiger partial charge >= 0.3 is 0 Å². The van der Waals surface area contributed by atoms with E-state index in [4.69, 9.17) is 16.7 Å². The average Bonchev–Trinajstić information content (AvgIpc) is 3.09. The summed E-state index contributed by atoms with van der Waals surface area (Å²) in [6.07, 6.45) is 5.08. The summed E-state index contributed by atoms with van der Waals surface area (Å²) in [6.45, 7) is 0.700. The largest absolute Gasteiger partial charge is 0.395 e. The lowest BCUT2D eigenvalue weighted by molar-refractivity contribution is 0.269. The first-order valence-electron chi connectivity index (χ1n) is 9.53. The topological polar surface area (TPSA) is 87.4 Å². The Labute approximate surface area is 171 Å². The molecule has 2 aromatic heterocycles. The van der Waals surface area contributed by atoms with E-state index >= 15 is 0 Å².